The van der Waals surface area contributed by atoms with Crippen molar-refractivity contribution in [3.05, 3.63) is 71.9 Å². The van der Waals surface area contributed by atoms with Gasteiger partial charge >= 0.3 is 0 Å². The van der Waals surface area contributed by atoms with Gasteiger partial charge in [0.05, 0.1) is 6.54 Å². The number of pyridine rings is 1. The van der Waals surface area contributed by atoms with Crippen LogP contribution in [0.4, 0.5) is 5.69 Å². The number of guanidine groups is 1. The summed E-state index contributed by atoms with van der Waals surface area (Å²) in [5.74, 6) is 1.23. The molecule has 6 nitrogen and oxygen atoms in total. The molecule has 2 aromatic heterocycles. The number of benzene rings is 1. The number of nitrogens with two attached hydrogens (primary N) is 1. The monoisotopic (exact) mass is 476 g/mol. The lowest BCUT2D eigenvalue weighted by Gasteiger charge is -2.14. The number of hydrogen-bond donors (Lipinski definition) is 2. The summed E-state index contributed by atoms with van der Waals surface area (Å²) < 4.78 is 1.86. The fraction of sp³-hybridized carbons (Fsp3) is 0.250. The molecule has 7 heteroatoms. The molecule has 0 aliphatic carbocycles. The molecule has 0 bridgehead atoms. The van der Waals surface area contributed by atoms with Gasteiger partial charge in [0.2, 0.25) is 0 Å². The first kappa shape index (κ1) is 20.9. The third-order valence-corrected chi connectivity index (χ3v) is 4.26. The minimum absolute atomic E-state index is 0. The Morgan fingerprint density at radius 2 is 1.89 bits per heavy atom. The molecule has 0 saturated carbocycles. The fourth-order valence-electron chi connectivity index (χ4n) is 2.84. The average Bonchev–Trinajstić information content (AvgIpc) is 3.21. The molecule has 0 fully saturated rings. The molecule has 3 rings (SSSR count). The number of aliphatic imine (C=N–C) groups is 1. The van der Waals surface area contributed by atoms with Gasteiger partial charge in [-0.3, -0.25) is 4.57 Å². The zero-order valence-corrected chi connectivity index (χ0v) is 17.9. The number of imidazole rings is 1. The summed E-state index contributed by atoms with van der Waals surface area (Å²) in [6.07, 6.45) is 8.97. The van der Waals surface area contributed by atoms with E-state index in [-0.39, 0.29) is 24.0 Å². The maximum atomic E-state index is 6.14. The standard InChI is InChI=1S/C20H24N6.HI/c1-3-16-6-5-7-17(4-2)19(16)25-20(21)24-13-15-8-9-23-18(12-15)26-11-10-22-14-26;/h5-12,14H,3-4,13H2,1-2H3,(H3,21,24,25);1H. The summed E-state index contributed by atoms with van der Waals surface area (Å²) in [5, 5.41) is 3.29. The van der Waals surface area contributed by atoms with Gasteiger partial charge in [0.15, 0.2) is 5.96 Å². The van der Waals surface area contributed by atoms with Crippen molar-refractivity contribution in [2.24, 2.45) is 10.7 Å². The van der Waals surface area contributed by atoms with Crippen molar-refractivity contribution in [3.8, 4) is 5.82 Å². The molecule has 0 aliphatic heterocycles. The van der Waals surface area contributed by atoms with E-state index in [1.807, 2.05) is 22.9 Å². The van der Waals surface area contributed by atoms with E-state index in [2.05, 4.69) is 52.3 Å². The molecule has 27 heavy (non-hydrogen) atoms. The van der Waals surface area contributed by atoms with Crippen molar-refractivity contribution in [2.75, 3.05) is 5.32 Å². The van der Waals surface area contributed by atoms with Crippen molar-refractivity contribution in [2.45, 2.75) is 33.2 Å². The lowest BCUT2D eigenvalue weighted by molar-refractivity contribution is 0.967. The number of hydrogen-bond acceptors (Lipinski definition) is 3. The smallest absolute Gasteiger partial charge is 0.193 e. The van der Waals surface area contributed by atoms with Gasteiger partial charge in [0.1, 0.15) is 12.1 Å². The third kappa shape index (κ3) is 5.29. The molecule has 0 aliphatic rings. The molecule has 0 amide bonds. The van der Waals surface area contributed by atoms with Crippen LogP contribution in [-0.2, 0) is 19.4 Å². The highest BCUT2D eigenvalue weighted by Crippen LogP contribution is 2.22. The molecule has 2 heterocycles. The molecule has 142 valence electrons. The Morgan fingerprint density at radius 1 is 1.15 bits per heavy atom. The molecule has 3 N–H and O–H groups in total. The van der Waals surface area contributed by atoms with Crippen molar-refractivity contribution in [3.63, 3.8) is 0 Å². The van der Waals surface area contributed by atoms with Crippen molar-refractivity contribution in [1.82, 2.24) is 14.5 Å². The number of nitrogens with one attached hydrogen (secondary N) is 1. The second-order valence-electron chi connectivity index (χ2n) is 5.98. The number of aromatic nitrogens is 3. The number of rotatable bonds is 6. The van der Waals surface area contributed by atoms with Crippen molar-refractivity contribution < 1.29 is 0 Å². The van der Waals surface area contributed by atoms with E-state index in [4.69, 9.17) is 5.73 Å². The van der Waals surface area contributed by atoms with Crippen LogP contribution in [0.25, 0.3) is 5.82 Å². The first-order valence-electron chi connectivity index (χ1n) is 8.82. The van der Waals surface area contributed by atoms with Crippen LogP contribution < -0.4 is 11.1 Å². The quantitative estimate of drug-likeness (QED) is 0.321. The van der Waals surface area contributed by atoms with E-state index in [0.717, 1.165) is 29.9 Å². The van der Waals surface area contributed by atoms with Gasteiger partial charge in [0.25, 0.3) is 0 Å². The summed E-state index contributed by atoms with van der Waals surface area (Å²) in [4.78, 5) is 12.9. The normalized spacial score (nSPS) is 11.1. The number of aryl methyl sites for hydroxylation is 2. The second-order valence-corrected chi connectivity index (χ2v) is 5.98. The maximum absolute atomic E-state index is 6.14. The highest BCUT2D eigenvalue weighted by atomic mass is 127. The van der Waals surface area contributed by atoms with Crippen molar-refractivity contribution in [1.29, 1.82) is 0 Å². The number of anilines is 1. The highest BCUT2D eigenvalue weighted by Gasteiger charge is 2.07. The first-order valence-corrected chi connectivity index (χ1v) is 8.82. The Labute approximate surface area is 177 Å². The summed E-state index contributed by atoms with van der Waals surface area (Å²) >= 11 is 0. The zero-order valence-electron chi connectivity index (χ0n) is 15.6. The molecule has 3 aromatic rings. The summed E-state index contributed by atoms with van der Waals surface area (Å²) in [7, 11) is 0. The highest BCUT2D eigenvalue weighted by molar-refractivity contribution is 14.0. The van der Waals surface area contributed by atoms with Gasteiger partial charge in [-0.05, 0) is 41.7 Å². The van der Waals surface area contributed by atoms with E-state index in [1.54, 1.807) is 18.7 Å². The minimum atomic E-state index is 0. The summed E-state index contributed by atoms with van der Waals surface area (Å²) in [5.41, 5.74) is 10.7. The Bertz CT molecular complexity index is 867. The molecule has 0 unspecified atom stereocenters. The van der Waals surface area contributed by atoms with Crippen LogP contribution in [0.2, 0.25) is 0 Å². The molecule has 0 radical (unpaired) electrons. The largest absolute Gasteiger partial charge is 0.370 e. The molecule has 0 spiro atoms. The van der Waals surface area contributed by atoms with Gasteiger partial charge < -0.3 is 11.1 Å². The average molecular weight is 476 g/mol. The van der Waals surface area contributed by atoms with Gasteiger partial charge in [-0.15, -0.1) is 24.0 Å². The molecular weight excluding hydrogens is 451 g/mol. The Balaban J connectivity index is 0.00000261. The zero-order chi connectivity index (χ0) is 18.4. The van der Waals surface area contributed by atoms with Crippen LogP contribution in [0.5, 0.6) is 0 Å². The van der Waals surface area contributed by atoms with E-state index in [1.165, 1.54) is 11.1 Å². The molecule has 1 aromatic carbocycles. The van der Waals surface area contributed by atoms with E-state index in [0.29, 0.717) is 12.5 Å². The van der Waals surface area contributed by atoms with Gasteiger partial charge in [-0.2, -0.15) is 0 Å². The Kier molecular flexibility index (Phi) is 7.78. The fourth-order valence-corrected chi connectivity index (χ4v) is 2.84. The lowest BCUT2D eigenvalue weighted by Crippen LogP contribution is -2.24. The van der Waals surface area contributed by atoms with Crippen LogP contribution in [0.3, 0.4) is 0 Å². The minimum Gasteiger partial charge on any atom is -0.370 e. The predicted molar refractivity (Wildman–Crippen MR) is 121 cm³/mol. The Hall–Kier alpha value is -2.42. The lowest BCUT2D eigenvalue weighted by atomic mass is 10.0. The topological polar surface area (TPSA) is 81.1 Å². The number of halogens is 1. The van der Waals surface area contributed by atoms with E-state index < -0.39 is 0 Å². The molecule has 0 atom stereocenters. The SMILES string of the molecule is CCc1cccc(CC)c1NC(N)=NCc1ccnc(-n2ccnc2)c1.I. The van der Waals surface area contributed by atoms with Crippen LogP contribution in [0.15, 0.2) is 60.2 Å². The van der Waals surface area contributed by atoms with Gasteiger partial charge in [-0.1, -0.05) is 32.0 Å². The predicted octanol–water partition coefficient (Wildman–Crippen LogP) is 3.94. The number of para-hydroxylation sites is 1. The van der Waals surface area contributed by atoms with Gasteiger partial charge in [0, 0.05) is 24.3 Å². The van der Waals surface area contributed by atoms with Crippen LogP contribution >= 0.6 is 24.0 Å². The first-order chi connectivity index (χ1) is 12.7. The van der Waals surface area contributed by atoms with E-state index in [9.17, 15) is 0 Å². The summed E-state index contributed by atoms with van der Waals surface area (Å²) in [6.45, 7) is 4.77. The van der Waals surface area contributed by atoms with Crippen LogP contribution in [0.1, 0.15) is 30.5 Å². The second kappa shape index (κ2) is 10.1. The van der Waals surface area contributed by atoms with Gasteiger partial charge in [-0.25, -0.2) is 15.0 Å². The van der Waals surface area contributed by atoms with Crippen LogP contribution in [0, 0.1) is 0 Å². The number of nitrogens with zero attached hydrogens (tertiary/aromatic N) is 4. The molecule has 0 saturated heterocycles. The van der Waals surface area contributed by atoms with Crippen molar-refractivity contribution >= 4 is 35.6 Å². The Morgan fingerprint density at radius 3 is 2.52 bits per heavy atom. The summed E-state index contributed by atoms with van der Waals surface area (Å²) in [6, 6.07) is 10.2. The third-order valence-electron chi connectivity index (χ3n) is 4.26. The molecular formula is C20H25IN6. The van der Waals surface area contributed by atoms with Crippen LogP contribution in [-0.4, -0.2) is 20.5 Å². The maximum Gasteiger partial charge on any atom is 0.193 e. The van der Waals surface area contributed by atoms with E-state index >= 15 is 0 Å².